The molecule has 1 aromatic carbocycles. The van der Waals surface area contributed by atoms with Gasteiger partial charge in [-0.25, -0.2) is 8.42 Å². The van der Waals surface area contributed by atoms with Gasteiger partial charge in [-0.2, -0.15) is 0 Å². The summed E-state index contributed by atoms with van der Waals surface area (Å²) in [6.45, 7) is -0.578. The first kappa shape index (κ1) is 16.4. The molecule has 10 nitrogen and oxygen atoms in total. The van der Waals surface area contributed by atoms with Crippen LogP contribution in [0.4, 0.5) is 0 Å². The van der Waals surface area contributed by atoms with Crippen molar-refractivity contribution in [2.45, 2.75) is 9.92 Å². The summed E-state index contributed by atoms with van der Waals surface area (Å²) in [7, 11) is -7.31. The van der Waals surface area contributed by atoms with Crippen molar-refractivity contribution < 1.29 is 36.7 Å². The number of hydrogen-bond acceptors (Lipinski definition) is 8. The van der Waals surface area contributed by atoms with E-state index in [2.05, 4.69) is 14.3 Å². The smallest absolute Gasteiger partial charge is 0.415 e. The van der Waals surface area contributed by atoms with Crippen molar-refractivity contribution in [2.24, 2.45) is 0 Å². The van der Waals surface area contributed by atoms with Gasteiger partial charge in [-0.1, -0.05) is 18.2 Å². The zero-order valence-electron chi connectivity index (χ0n) is 10.9. The third-order valence-electron chi connectivity index (χ3n) is 2.40. The van der Waals surface area contributed by atoms with Crippen LogP contribution in [0.5, 0.6) is 5.88 Å². The zero-order chi connectivity index (χ0) is 16.2. The van der Waals surface area contributed by atoms with Crippen LogP contribution in [0.2, 0.25) is 0 Å². The fourth-order valence-corrected chi connectivity index (χ4v) is 3.06. The molecule has 0 radical (unpaired) electrons. The van der Waals surface area contributed by atoms with Crippen LogP contribution in [0, 0.1) is 5.21 Å². The minimum atomic E-state index is -4.19. The third-order valence-corrected chi connectivity index (χ3v) is 4.58. The van der Waals surface area contributed by atoms with Crippen LogP contribution in [0.25, 0.3) is 0 Å². The van der Waals surface area contributed by atoms with E-state index in [1.54, 1.807) is 6.07 Å². The third kappa shape index (κ3) is 3.63. The average molecular weight is 350 g/mol. The first-order chi connectivity index (χ1) is 10.4. The Bertz CT molecular complexity index is 760. The van der Waals surface area contributed by atoms with Crippen LogP contribution in [-0.4, -0.2) is 31.7 Å². The van der Waals surface area contributed by atoms with E-state index in [0.29, 0.717) is 0 Å². The second-order valence-corrected chi connectivity index (χ2v) is 6.51. The van der Waals surface area contributed by atoms with Crippen LogP contribution in [0.15, 0.2) is 44.9 Å². The van der Waals surface area contributed by atoms with Crippen LogP contribution < -0.4 is 9.64 Å². The van der Waals surface area contributed by atoms with E-state index in [-0.39, 0.29) is 23.0 Å². The van der Waals surface area contributed by atoms with Crippen molar-refractivity contribution in [1.82, 2.24) is 5.16 Å². The summed E-state index contributed by atoms with van der Waals surface area (Å²) in [5, 5.41) is 13.9. The molecule has 2 rings (SSSR count). The summed E-state index contributed by atoms with van der Waals surface area (Å²) in [5.41, 5.74) is 0. The molecule has 0 spiro atoms. The predicted octanol–water partition coefficient (Wildman–Crippen LogP) is -0.0818. The lowest BCUT2D eigenvalue weighted by molar-refractivity contribution is -0.832. The van der Waals surface area contributed by atoms with Crippen molar-refractivity contribution in [1.29, 1.82) is 0 Å². The highest BCUT2D eigenvalue weighted by atomic mass is 32.2. The number of nitrogens with zero attached hydrogens (tertiary/aromatic N) is 2. The molecule has 2 aromatic rings. The van der Waals surface area contributed by atoms with Gasteiger partial charge in [0.05, 0.1) is 16.7 Å². The molecule has 1 unspecified atom stereocenters. The Labute approximate surface area is 125 Å². The van der Waals surface area contributed by atoms with E-state index in [4.69, 9.17) is 9.63 Å². The molecule has 0 aliphatic rings. The van der Waals surface area contributed by atoms with E-state index in [1.807, 2.05) is 0 Å². The topological polar surface area (TPSA) is 143 Å². The Balaban J connectivity index is 2.24. The van der Waals surface area contributed by atoms with Gasteiger partial charge in [0.15, 0.2) is 0 Å². The molecule has 12 heteroatoms. The van der Waals surface area contributed by atoms with E-state index in [9.17, 15) is 18.2 Å². The molecular formula is C10H11N2O8PS. The molecule has 22 heavy (non-hydrogen) atoms. The van der Waals surface area contributed by atoms with Crippen LogP contribution in [0.1, 0.15) is 0 Å². The normalized spacial score (nSPS) is 13.0. The maximum absolute atomic E-state index is 12.4. The molecule has 120 valence electrons. The van der Waals surface area contributed by atoms with Crippen LogP contribution >= 0.6 is 8.25 Å². The average Bonchev–Trinajstić information content (AvgIpc) is 2.86. The van der Waals surface area contributed by atoms with E-state index in [1.165, 1.54) is 24.3 Å². The summed E-state index contributed by atoms with van der Waals surface area (Å²) in [6, 6.07) is 7.19. The second-order valence-electron chi connectivity index (χ2n) is 3.82. The van der Waals surface area contributed by atoms with Gasteiger partial charge in [-0.15, -0.1) is 0 Å². The Kier molecular flexibility index (Phi) is 5.14. The van der Waals surface area contributed by atoms with Crippen molar-refractivity contribution in [3.63, 3.8) is 0 Å². The molecule has 0 saturated carbocycles. The van der Waals surface area contributed by atoms with E-state index >= 15 is 0 Å². The minimum absolute atomic E-state index is 0.135. The number of benzene rings is 1. The molecule has 1 aromatic heterocycles. The SMILES string of the molecule is O=[PH](O)OCCOc1no[n+]([O-])c1S(=O)(=O)c1ccccc1. The predicted molar refractivity (Wildman–Crippen MR) is 70.0 cm³/mol. The monoisotopic (exact) mass is 350 g/mol. The Morgan fingerprint density at radius 3 is 2.64 bits per heavy atom. The van der Waals surface area contributed by atoms with Gasteiger partial charge in [-0.3, -0.25) is 9.19 Å². The molecule has 0 fully saturated rings. The first-order valence-corrected chi connectivity index (χ1v) is 8.56. The molecule has 0 aliphatic heterocycles. The number of sulfone groups is 1. The van der Waals surface area contributed by atoms with Gasteiger partial charge in [-0.05, 0) is 17.0 Å². The number of rotatable bonds is 7. The van der Waals surface area contributed by atoms with Crippen LogP contribution in [0.3, 0.4) is 0 Å². The number of aromatic nitrogens is 2. The molecule has 1 N–H and O–H groups in total. The lowest BCUT2D eigenvalue weighted by Gasteiger charge is -2.03. The van der Waals surface area contributed by atoms with E-state index < -0.39 is 29.0 Å². The summed E-state index contributed by atoms with van der Waals surface area (Å²) >= 11 is 0. The second kappa shape index (κ2) is 6.88. The lowest BCUT2D eigenvalue weighted by Crippen LogP contribution is -2.31. The van der Waals surface area contributed by atoms with E-state index in [0.717, 1.165) is 0 Å². The molecule has 1 atom stereocenters. The molecule has 0 saturated heterocycles. The molecule has 0 aliphatic carbocycles. The largest absolute Gasteiger partial charge is 0.452 e. The maximum atomic E-state index is 12.4. The highest BCUT2D eigenvalue weighted by molar-refractivity contribution is 7.91. The number of hydrogen-bond donors (Lipinski definition) is 1. The molecule has 0 bridgehead atoms. The highest BCUT2D eigenvalue weighted by Gasteiger charge is 2.35. The van der Waals surface area contributed by atoms with Gasteiger partial charge in [0, 0.05) is 0 Å². The van der Waals surface area contributed by atoms with Gasteiger partial charge < -0.3 is 19.4 Å². The van der Waals surface area contributed by atoms with Crippen molar-refractivity contribution >= 4 is 18.1 Å². The van der Waals surface area contributed by atoms with Crippen LogP contribution in [-0.2, 0) is 18.9 Å². The Morgan fingerprint density at radius 2 is 2.00 bits per heavy atom. The van der Waals surface area contributed by atoms with Crippen molar-refractivity contribution in [3.8, 4) is 5.88 Å². The Morgan fingerprint density at radius 1 is 1.32 bits per heavy atom. The fourth-order valence-electron chi connectivity index (χ4n) is 1.51. The summed E-state index contributed by atoms with van der Waals surface area (Å²) in [5.74, 6) is -0.555. The van der Waals surface area contributed by atoms with Crippen molar-refractivity contribution in [2.75, 3.05) is 13.2 Å². The van der Waals surface area contributed by atoms with Gasteiger partial charge in [0.25, 0.3) is 9.84 Å². The summed E-state index contributed by atoms with van der Waals surface area (Å²) in [6.07, 6.45) is 0. The standard InChI is InChI=1S/C10H11N2O8PS/c13-12-10(22(16,17)8-4-2-1-3-5-8)9(11-20-12)18-6-7-19-21(14)15/h1-5,21H,6-7H2,(H,14,15). The lowest BCUT2D eigenvalue weighted by atomic mass is 10.4. The van der Waals surface area contributed by atoms with Gasteiger partial charge in [0.1, 0.15) is 6.61 Å². The molecule has 1 heterocycles. The Hall–Kier alpha value is -1.94. The van der Waals surface area contributed by atoms with Gasteiger partial charge >= 0.3 is 19.2 Å². The number of ether oxygens (including phenoxy) is 1. The maximum Gasteiger partial charge on any atom is 0.415 e. The first-order valence-electron chi connectivity index (χ1n) is 5.81. The molecule has 0 amide bonds. The quantitative estimate of drug-likeness (QED) is 0.412. The molecular weight excluding hydrogens is 339 g/mol. The summed E-state index contributed by atoms with van der Waals surface area (Å²) < 4.78 is 48.6. The fraction of sp³-hybridized carbons (Fsp3) is 0.200. The highest BCUT2D eigenvalue weighted by Crippen LogP contribution is 2.25. The minimum Gasteiger partial charge on any atom is -0.452 e. The summed E-state index contributed by atoms with van der Waals surface area (Å²) in [4.78, 5) is 8.05. The van der Waals surface area contributed by atoms with Gasteiger partial charge in [0.2, 0.25) is 0 Å². The van der Waals surface area contributed by atoms with Crippen molar-refractivity contribution in [3.05, 3.63) is 35.5 Å². The zero-order valence-corrected chi connectivity index (χ0v) is 12.7.